The summed E-state index contributed by atoms with van der Waals surface area (Å²) >= 11 is 0. The van der Waals surface area contributed by atoms with Gasteiger partial charge in [-0.1, -0.05) is 37.3 Å². The number of hydrogen-bond acceptors (Lipinski definition) is 2. The van der Waals surface area contributed by atoms with Gasteiger partial charge in [0.05, 0.1) is 0 Å². The van der Waals surface area contributed by atoms with Gasteiger partial charge in [0.25, 0.3) is 0 Å². The molecule has 2 nitrogen and oxygen atoms in total. The molecule has 2 rings (SSSR count). The average molecular weight is 260 g/mol. The first-order valence-electron chi connectivity index (χ1n) is 7.70. The molecule has 1 aliphatic heterocycles. The molecule has 106 valence electrons. The summed E-state index contributed by atoms with van der Waals surface area (Å²) in [7, 11) is 2.24. The highest BCUT2D eigenvalue weighted by molar-refractivity contribution is 5.18. The Bertz CT molecular complexity index is 363. The third-order valence-corrected chi connectivity index (χ3v) is 4.44. The Morgan fingerprint density at radius 3 is 2.68 bits per heavy atom. The number of likely N-dealkylation sites (tertiary alicyclic amines) is 1. The van der Waals surface area contributed by atoms with Crippen molar-refractivity contribution in [2.24, 2.45) is 5.92 Å². The van der Waals surface area contributed by atoms with E-state index in [1.165, 1.54) is 31.5 Å². The first kappa shape index (κ1) is 14.5. The van der Waals surface area contributed by atoms with Gasteiger partial charge in [-0.05, 0) is 51.3 Å². The van der Waals surface area contributed by atoms with Gasteiger partial charge in [0, 0.05) is 18.6 Å². The van der Waals surface area contributed by atoms with E-state index in [-0.39, 0.29) is 0 Å². The monoisotopic (exact) mass is 260 g/mol. The van der Waals surface area contributed by atoms with Crippen molar-refractivity contribution >= 4 is 0 Å². The van der Waals surface area contributed by atoms with E-state index in [0.717, 1.165) is 12.3 Å². The third-order valence-electron chi connectivity index (χ3n) is 4.44. The smallest absolute Gasteiger partial charge is 0.0320 e. The lowest BCUT2D eigenvalue weighted by Crippen LogP contribution is -2.44. The Balaban J connectivity index is 1.94. The highest BCUT2D eigenvalue weighted by Crippen LogP contribution is 2.23. The minimum Gasteiger partial charge on any atom is -0.307 e. The summed E-state index contributed by atoms with van der Waals surface area (Å²) in [5.41, 5.74) is 1.42. The van der Waals surface area contributed by atoms with Crippen LogP contribution in [0, 0.1) is 5.92 Å². The van der Waals surface area contributed by atoms with Gasteiger partial charge in [-0.2, -0.15) is 0 Å². The molecule has 1 heterocycles. The summed E-state index contributed by atoms with van der Waals surface area (Å²) in [5, 5.41) is 3.85. The van der Waals surface area contributed by atoms with Crippen LogP contribution in [0.1, 0.15) is 44.7 Å². The van der Waals surface area contributed by atoms with Gasteiger partial charge in [-0.15, -0.1) is 0 Å². The van der Waals surface area contributed by atoms with E-state index < -0.39 is 0 Å². The van der Waals surface area contributed by atoms with Gasteiger partial charge in [-0.3, -0.25) is 0 Å². The van der Waals surface area contributed by atoms with Gasteiger partial charge >= 0.3 is 0 Å². The lowest BCUT2D eigenvalue weighted by atomic mass is 9.90. The number of benzene rings is 1. The molecule has 0 aromatic heterocycles. The summed E-state index contributed by atoms with van der Waals surface area (Å²) < 4.78 is 0. The lowest BCUT2D eigenvalue weighted by molar-refractivity contribution is 0.172. The highest BCUT2D eigenvalue weighted by atomic mass is 15.1. The van der Waals surface area contributed by atoms with Gasteiger partial charge in [-0.25, -0.2) is 0 Å². The molecule has 1 aromatic carbocycles. The maximum atomic E-state index is 3.85. The molecule has 0 aliphatic carbocycles. The molecule has 3 atom stereocenters. The normalized spacial score (nSPS) is 24.1. The predicted molar refractivity (Wildman–Crippen MR) is 82.3 cm³/mol. The first-order valence-corrected chi connectivity index (χ1v) is 7.70. The van der Waals surface area contributed by atoms with E-state index >= 15 is 0 Å². The summed E-state index contributed by atoms with van der Waals surface area (Å²) in [6, 6.07) is 11.9. The molecule has 1 saturated heterocycles. The Morgan fingerprint density at radius 2 is 2.05 bits per heavy atom. The second-order valence-corrected chi connectivity index (χ2v) is 5.99. The minimum absolute atomic E-state index is 0.489. The summed E-state index contributed by atoms with van der Waals surface area (Å²) in [6.45, 7) is 7.12. The van der Waals surface area contributed by atoms with E-state index in [9.17, 15) is 0 Å². The molecule has 0 radical (unpaired) electrons. The number of piperidine rings is 1. The molecule has 1 fully saturated rings. The molecule has 0 bridgehead atoms. The van der Waals surface area contributed by atoms with E-state index in [1.54, 1.807) is 0 Å². The zero-order valence-electron chi connectivity index (χ0n) is 12.6. The van der Waals surface area contributed by atoms with E-state index in [2.05, 4.69) is 61.4 Å². The van der Waals surface area contributed by atoms with Gasteiger partial charge in [0.1, 0.15) is 0 Å². The second-order valence-electron chi connectivity index (χ2n) is 5.99. The van der Waals surface area contributed by atoms with Crippen molar-refractivity contribution in [3.8, 4) is 0 Å². The molecular weight excluding hydrogens is 232 g/mol. The molecule has 0 saturated carbocycles. The predicted octanol–water partition coefficient (Wildman–Crippen LogP) is 3.46. The molecule has 3 unspecified atom stereocenters. The standard InChI is InChI=1S/C17H28N2/c1-4-17(15-9-6-5-7-10-15)18-14(2)16-11-8-12-19(3)13-16/h5-7,9-10,14,16-18H,4,8,11-13H2,1-3H3. The van der Waals surface area contributed by atoms with Crippen molar-refractivity contribution < 1.29 is 0 Å². The lowest BCUT2D eigenvalue weighted by Gasteiger charge is -2.35. The number of nitrogens with zero attached hydrogens (tertiary/aromatic N) is 1. The number of hydrogen-bond donors (Lipinski definition) is 1. The van der Waals surface area contributed by atoms with Crippen LogP contribution in [0.4, 0.5) is 0 Å². The highest BCUT2D eigenvalue weighted by Gasteiger charge is 2.24. The molecule has 1 N–H and O–H groups in total. The van der Waals surface area contributed by atoms with Crippen molar-refractivity contribution in [2.75, 3.05) is 20.1 Å². The molecule has 2 heteroatoms. The second kappa shape index (κ2) is 7.06. The van der Waals surface area contributed by atoms with Crippen LogP contribution in [-0.4, -0.2) is 31.1 Å². The summed E-state index contributed by atoms with van der Waals surface area (Å²) in [5.74, 6) is 0.788. The first-order chi connectivity index (χ1) is 9.20. The Hall–Kier alpha value is -0.860. The maximum absolute atomic E-state index is 3.85. The SMILES string of the molecule is CCC(NC(C)C1CCCN(C)C1)c1ccccc1. The molecular formula is C17H28N2. The van der Waals surface area contributed by atoms with Crippen LogP contribution in [0.15, 0.2) is 30.3 Å². The fourth-order valence-corrected chi connectivity index (χ4v) is 3.20. The molecule has 0 spiro atoms. The quantitative estimate of drug-likeness (QED) is 0.872. The van der Waals surface area contributed by atoms with Crippen LogP contribution in [0.5, 0.6) is 0 Å². The van der Waals surface area contributed by atoms with Gasteiger partial charge in [0.2, 0.25) is 0 Å². The fourth-order valence-electron chi connectivity index (χ4n) is 3.20. The Labute approximate surface area is 118 Å². The minimum atomic E-state index is 0.489. The van der Waals surface area contributed by atoms with Crippen molar-refractivity contribution in [3.63, 3.8) is 0 Å². The van der Waals surface area contributed by atoms with Crippen LogP contribution in [0.3, 0.4) is 0 Å². The molecule has 1 aliphatic rings. The Morgan fingerprint density at radius 1 is 1.32 bits per heavy atom. The van der Waals surface area contributed by atoms with Crippen molar-refractivity contribution in [1.29, 1.82) is 0 Å². The average Bonchev–Trinajstić information content (AvgIpc) is 2.45. The summed E-state index contributed by atoms with van der Waals surface area (Å²) in [6.07, 6.45) is 3.86. The Kier molecular flexibility index (Phi) is 5.41. The topological polar surface area (TPSA) is 15.3 Å². The third kappa shape index (κ3) is 4.05. The number of rotatable bonds is 5. The molecule has 1 aromatic rings. The fraction of sp³-hybridized carbons (Fsp3) is 0.647. The molecule has 19 heavy (non-hydrogen) atoms. The summed E-state index contributed by atoms with van der Waals surface area (Å²) in [4.78, 5) is 2.47. The van der Waals surface area contributed by atoms with Crippen LogP contribution < -0.4 is 5.32 Å². The van der Waals surface area contributed by atoms with E-state index in [1.807, 2.05) is 0 Å². The van der Waals surface area contributed by atoms with Crippen LogP contribution >= 0.6 is 0 Å². The largest absolute Gasteiger partial charge is 0.307 e. The maximum Gasteiger partial charge on any atom is 0.0320 e. The molecule has 0 amide bonds. The number of nitrogens with one attached hydrogen (secondary N) is 1. The van der Waals surface area contributed by atoms with Crippen LogP contribution in [-0.2, 0) is 0 Å². The van der Waals surface area contributed by atoms with E-state index in [4.69, 9.17) is 0 Å². The van der Waals surface area contributed by atoms with Crippen molar-refractivity contribution in [2.45, 2.75) is 45.2 Å². The zero-order valence-corrected chi connectivity index (χ0v) is 12.6. The van der Waals surface area contributed by atoms with Crippen molar-refractivity contribution in [3.05, 3.63) is 35.9 Å². The van der Waals surface area contributed by atoms with Gasteiger partial charge in [0.15, 0.2) is 0 Å². The van der Waals surface area contributed by atoms with Crippen molar-refractivity contribution in [1.82, 2.24) is 10.2 Å². The van der Waals surface area contributed by atoms with Crippen LogP contribution in [0.2, 0.25) is 0 Å². The van der Waals surface area contributed by atoms with Gasteiger partial charge < -0.3 is 10.2 Å². The van der Waals surface area contributed by atoms with Crippen LogP contribution in [0.25, 0.3) is 0 Å². The van der Waals surface area contributed by atoms with E-state index in [0.29, 0.717) is 12.1 Å². The zero-order chi connectivity index (χ0) is 13.7.